The van der Waals surface area contributed by atoms with Crippen molar-refractivity contribution >= 4 is 23.9 Å². The average molecular weight is 562 g/mol. The molecule has 0 radical (unpaired) electrons. The maximum Gasteiger partial charge on any atom is 2.00 e. The molecular weight excluding hydrogens is 542 g/mol. The van der Waals surface area contributed by atoms with Crippen LogP contribution in [0.1, 0.15) is 53.6 Å². The van der Waals surface area contributed by atoms with Gasteiger partial charge in [-0.3, -0.25) is 0 Å². The summed E-state index contributed by atoms with van der Waals surface area (Å²) in [5.41, 5.74) is -1.68. The summed E-state index contributed by atoms with van der Waals surface area (Å²) in [6.45, 7) is 3.94. The molecule has 4 rings (SSSR count). The third kappa shape index (κ3) is 13.0. The minimum Gasteiger partial charge on any atom is -0.543 e. The van der Waals surface area contributed by atoms with Gasteiger partial charge in [0.2, 0.25) is 11.6 Å². The number of aryl methyl sites for hydroxylation is 2. The first kappa shape index (κ1) is 32.2. The second-order valence-electron chi connectivity index (χ2n) is 6.46. The Labute approximate surface area is 222 Å². The van der Waals surface area contributed by atoms with E-state index in [9.17, 15) is 39.6 Å². The number of hydrogen-bond acceptors (Lipinski definition) is 10. The Morgan fingerprint density at radius 1 is 0.622 bits per heavy atom. The zero-order chi connectivity index (χ0) is 27.1. The molecule has 0 amide bonds. The monoisotopic (exact) mass is 560 g/mol. The summed E-state index contributed by atoms with van der Waals surface area (Å²) in [5, 5.41) is 40.8. The van der Waals surface area contributed by atoms with Gasteiger partial charge in [-0.1, -0.05) is 12.1 Å². The first-order chi connectivity index (χ1) is 17.0. The van der Waals surface area contributed by atoms with E-state index in [-0.39, 0.29) is 19.5 Å². The van der Waals surface area contributed by atoms with E-state index < -0.39 is 46.7 Å². The number of carbonyl (C=O) groups is 4. The number of hydrogen-bond donors (Lipinski definition) is 2. The third-order valence-corrected chi connectivity index (χ3v) is 3.70. The Morgan fingerprint density at radius 2 is 0.892 bits per heavy atom. The van der Waals surface area contributed by atoms with E-state index in [0.717, 1.165) is 35.9 Å². The minimum atomic E-state index is -1.52. The molecule has 14 nitrogen and oxygen atoms in total. The zero-order valence-corrected chi connectivity index (χ0v) is 22.6. The number of imidazole rings is 2. The number of carbonyl (C=O) groups excluding carboxylic acids is 4. The molecule has 15 heteroatoms. The number of aromatic nitrogens is 6. The van der Waals surface area contributed by atoms with Gasteiger partial charge in [0.1, 0.15) is 24.8 Å². The van der Waals surface area contributed by atoms with Crippen LogP contribution in [0.4, 0.5) is 0 Å². The molecular formula is C22H20N6O8Zn. The molecule has 0 aromatic carbocycles. The summed E-state index contributed by atoms with van der Waals surface area (Å²) in [7, 11) is 0. The number of nitrogens with one attached hydrogen (secondary N) is 4. The van der Waals surface area contributed by atoms with Gasteiger partial charge >= 0.3 is 19.5 Å². The van der Waals surface area contributed by atoms with Crippen LogP contribution in [0.3, 0.4) is 0 Å². The molecule has 188 valence electrons. The average Bonchev–Trinajstić information content (AvgIpc) is 3.53. The molecule has 0 saturated heterocycles. The standard InChI is InChI=1S/2C7H5NO4.2C4H6N2.Zn/c2*9-6(10)4-2-1-3-5(8-4)7(11)12;2*1-4-5-2-3-6-4;/h2*1-3H,(H,9,10)(H,11,12);2*2-3H,1H3,(H,5,6);/q;;;;+2/p-2. The van der Waals surface area contributed by atoms with Gasteiger partial charge in [-0.15, -0.1) is 0 Å². The molecule has 0 fully saturated rings. The smallest absolute Gasteiger partial charge is 0.543 e. The van der Waals surface area contributed by atoms with Crippen molar-refractivity contribution in [1.29, 1.82) is 0 Å². The van der Waals surface area contributed by atoms with Gasteiger partial charge in [-0.25, -0.2) is 29.9 Å². The van der Waals surface area contributed by atoms with E-state index in [1.807, 2.05) is 38.6 Å². The summed E-state index contributed by atoms with van der Waals surface area (Å²) < 4.78 is 0. The normalized spacial score (nSPS) is 8.92. The molecule has 4 N–H and O–H groups in total. The van der Waals surface area contributed by atoms with E-state index in [0.29, 0.717) is 0 Å². The second-order valence-corrected chi connectivity index (χ2v) is 6.46. The number of nitrogens with zero attached hydrogens (tertiary/aromatic N) is 2. The van der Waals surface area contributed by atoms with Crippen LogP contribution in [0.5, 0.6) is 0 Å². The van der Waals surface area contributed by atoms with Gasteiger partial charge in [0.15, 0.2) is 0 Å². The van der Waals surface area contributed by atoms with E-state index in [1.165, 1.54) is 12.1 Å². The number of carboxylic acids is 4. The van der Waals surface area contributed by atoms with Crippen molar-refractivity contribution in [1.82, 2.24) is 19.9 Å². The van der Waals surface area contributed by atoms with Crippen LogP contribution >= 0.6 is 0 Å². The number of rotatable bonds is 4. The van der Waals surface area contributed by atoms with Gasteiger partial charge in [0.05, 0.1) is 46.7 Å². The van der Waals surface area contributed by atoms with Crippen molar-refractivity contribution in [3.05, 3.63) is 95.6 Å². The Bertz CT molecular complexity index is 1120. The quantitative estimate of drug-likeness (QED) is 0.228. The van der Waals surface area contributed by atoms with Crippen LogP contribution in [0.15, 0.2) is 61.2 Å². The predicted molar refractivity (Wildman–Crippen MR) is 110 cm³/mol. The Balaban J connectivity index is 0.000000485. The van der Waals surface area contributed by atoms with E-state index in [1.54, 1.807) is 0 Å². The molecule has 0 atom stereocenters. The topological polar surface area (TPSA) is 246 Å². The van der Waals surface area contributed by atoms with Crippen molar-refractivity contribution in [2.24, 2.45) is 0 Å². The van der Waals surface area contributed by atoms with Gasteiger partial charge in [0.25, 0.3) is 0 Å². The fourth-order valence-electron chi connectivity index (χ4n) is 2.07. The molecule has 0 unspecified atom stereocenters. The molecule has 37 heavy (non-hydrogen) atoms. The molecule has 4 aromatic heterocycles. The molecule has 0 aliphatic carbocycles. The number of aromatic carboxylic acids is 4. The fourth-order valence-corrected chi connectivity index (χ4v) is 2.07. The Morgan fingerprint density at radius 3 is 1.03 bits per heavy atom. The van der Waals surface area contributed by atoms with Crippen molar-refractivity contribution in [3.8, 4) is 0 Å². The molecule has 0 saturated carbocycles. The maximum atomic E-state index is 10.2. The summed E-state index contributed by atoms with van der Waals surface area (Å²) in [5.74, 6) is -3.88. The number of pyridine rings is 2. The maximum absolute atomic E-state index is 10.2. The Hall–Kier alpha value is -4.78. The van der Waals surface area contributed by atoms with Gasteiger partial charge in [0, 0.05) is 13.8 Å². The summed E-state index contributed by atoms with van der Waals surface area (Å²) in [6.07, 6.45) is 7.43. The fraction of sp³-hybridized carbons (Fsp3) is 0.0909. The van der Waals surface area contributed by atoms with Gasteiger partial charge in [-0.2, -0.15) is 0 Å². The second kappa shape index (κ2) is 16.8. The van der Waals surface area contributed by atoms with Crippen molar-refractivity contribution in [3.63, 3.8) is 0 Å². The SMILES string of the molecule is Cc1[nH]cc[nH+]1.Cc1[nH]cc[nH+]1.O=C([O-])c1cccc(C(=O)[O-])n1.O=C([O-])c1cccc(C(=O)[O-])n1.[Zn+2]. The van der Waals surface area contributed by atoms with E-state index in [2.05, 4.69) is 29.9 Å². The van der Waals surface area contributed by atoms with Crippen LogP contribution < -0.4 is 30.4 Å². The summed E-state index contributed by atoms with van der Waals surface area (Å²) in [4.78, 5) is 59.0. The van der Waals surface area contributed by atoms with Crippen molar-refractivity contribution in [2.75, 3.05) is 0 Å². The predicted octanol–water partition coefficient (Wildman–Crippen LogP) is -4.11. The van der Waals surface area contributed by atoms with Crippen LogP contribution in [-0.4, -0.2) is 43.8 Å². The summed E-state index contributed by atoms with van der Waals surface area (Å²) in [6, 6.07) is 7.07. The largest absolute Gasteiger partial charge is 2.00 e. The first-order valence-electron chi connectivity index (χ1n) is 9.84. The number of H-pyrrole nitrogens is 4. The van der Waals surface area contributed by atoms with Crippen molar-refractivity contribution < 1.29 is 69.1 Å². The van der Waals surface area contributed by atoms with Crippen LogP contribution in [0.25, 0.3) is 0 Å². The summed E-state index contributed by atoms with van der Waals surface area (Å²) >= 11 is 0. The minimum absolute atomic E-state index is 0. The molecule has 0 aliphatic heterocycles. The van der Waals surface area contributed by atoms with Crippen LogP contribution in [0.2, 0.25) is 0 Å². The molecule has 0 spiro atoms. The van der Waals surface area contributed by atoms with Crippen molar-refractivity contribution in [2.45, 2.75) is 13.8 Å². The molecule has 0 aliphatic rings. The first-order valence-corrected chi connectivity index (χ1v) is 9.84. The molecule has 0 bridgehead atoms. The Kier molecular flexibility index (Phi) is 14.6. The van der Waals surface area contributed by atoms with Gasteiger partial charge in [-0.05, 0) is 24.3 Å². The van der Waals surface area contributed by atoms with Crippen LogP contribution in [0, 0.1) is 13.8 Å². The van der Waals surface area contributed by atoms with Gasteiger partial charge < -0.3 is 39.6 Å². The molecule has 4 heterocycles. The number of carboxylic acid groups (broad SMARTS) is 4. The van der Waals surface area contributed by atoms with Crippen LogP contribution in [-0.2, 0) is 19.5 Å². The third-order valence-electron chi connectivity index (χ3n) is 3.70. The zero-order valence-electron chi connectivity index (χ0n) is 19.6. The molecule has 4 aromatic rings. The van der Waals surface area contributed by atoms with E-state index in [4.69, 9.17) is 0 Å². The van der Waals surface area contributed by atoms with E-state index >= 15 is 0 Å². The number of aromatic amines is 4.